The highest BCUT2D eigenvalue weighted by molar-refractivity contribution is 5.93. The van der Waals surface area contributed by atoms with Crippen LogP contribution < -0.4 is 4.90 Å². The molecule has 0 aliphatic rings. The normalized spacial score (nSPS) is 10.4. The third-order valence-electron chi connectivity index (χ3n) is 3.45. The summed E-state index contributed by atoms with van der Waals surface area (Å²) in [5, 5.41) is 0. The minimum Gasteiger partial charge on any atom is -0.308 e. The fourth-order valence-electron chi connectivity index (χ4n) is 2.19. The van der Waals surface area contributed by atoms with E-state index in [0.717, 1.165) is 24.1 Å². The monoisotopic (exact) mass is 282 g/mol. The van der Waals surface area contributed by atoms with Crippen molar-refractivity contribution < 1.29 is 4.79 Å². The molecule has 0 spiro atoms. The minimum atomic E-state index is 0.171. The first-order valence-electron chi connectivity index (χ1n) is 7.46. The van der Waals surface area contributed by atoms with Crippen molar-refractivity contribution in [1.82, 2.24) is 4.98 Å². The van der Waals surface area contributed by atoms with Gasteiger partial charge in [-0.05, 0) is 37.1 Å². The van der Waals surface area contributed by atoms with Crippen LogP contribution in [0.1, 0.15) is 37.3 Å². The molecule has 2 rings (SSSR count). The van der Waals surface area contributed by atoms with E-state index in [0.29, 0.717) is 13.0 Å². The number of benzene rings is 1. The Morgan fingerprint density at radius 3 is 2.57 bits per heavy atom. The molecule has 0 aliphatic carbocycles. The van der Waals surface area contributed by atoms with E-state index in [1.807, 2.05) is 54.4 Å². The van der Waals surface area contributed by atoms with Crippen LogP contribution >= 0.6 is 0 Å². The van der Waals surface area contributed by atoms with E-state index in [1.165, 1.54) is 5.56 Å². The summed E-state index contributed by atoms with van der Waals surface area (Å²) in [6, 6.07) is 12.0. The van der Waals surface area contributed by atoms with Crippen molar-refractivity contribution in [1.29, 1.82) is 0 Å². The Morgan fingerprint density at radius 2 is 1.95 bits per heavy atom. The molecule has 1 aromatic carbocycles. The topological polar surface area (TPSA) is 33.2 Å². The molecule has 0 radical (unpaired) electrons. The van der Waals surface area contributed by atoms with Crippen LogP contribution in [0.2, 0.25) is 0 Å². The zero-order valence-electron chi connectivity index (χ0n) is 12.7. The zero-order chi connectivity index (χ0) is 15.1. The Bertz CT molecular complexity index is 564. The van der Waals surface area contributed by atoms with Gasteiger partial charge >= 0.3 is 0 Å². The number of carbonyl (C=O) groups excluding carboxylic acids is 1. The third-order valence-corrected chi connectivity index (χ3v) is 3.45. The van der Waals surface area contributed by atoms with Gasteiger partial charge in [0.1, 0.15) is 0 Å². The van der Waals surface area contributed by atoms with E-state index in [9.17, 15) is 4.79 Å². The summed E-state index contributed by atoms with van der Waals surface area (Å²) in [4.78, 5) is 18.5. The Balaban J connectivity index is 2.21. The molecular weight excluding hydrogens is 260 g/mol. The SMILES string of the molecule is CCCCC(=O)N(Cc1cccnc1)c1ccc(C)cc1. The molecule has 0 saturated carbocycles. The first-order chi connectivity index (χ1) is 10.2. The van der Waals surface area contributed by atoms with Gasteiger partial charge in [0.05, 0.1) is 6.54 Å². The molecule has 110 valence electrons. The Morgan fingerprint density at radius 1 is 1.19 bits per heavy atom. The Hall–Kier alpha value is -2.16. The molecule has 3 heteroatoms. The van der Waals surface area contributed by atoms with Gasteiger partial charge in [0.15, 0.2) is 0 Å². The highest BCUT2D eigenvalue weighted by atomic mass is 16.2. The summed E-state index contributed by atoms with van der Waals surface area (Å²) in [6.07, 6.45) is 6.10. The summed E-state index contributed by atoms with van der Waals surface area (Å²) in [6.45, 7) is 4.72. The van der Waals surface area contributed by atoms with Gasteiger partial charge in [-0.1, -0.05) is 37.1 Å². The maximum atomic E-state index is 12.5. The fourth-order valence-corrected chi connectivity index (χ4v) is 2.19. The number of pyridine rings is 1. The third kappa shape index (κ3) is 4.42. The lowest BCUT2D eigenvalue weighted by atomic mass is 10.1. The van der Waals surface area contributed by atoms with Crippen molar-refractivity contribution in [3.63, 3.8) is 0 Å². The number of hydrogen-bond acceptors (Lipinski definition) is 2. The number of aromatic nitrogens is 1. The number of rotatable bonds is 6. The number of amides is 1. The molecule has 2 aromatic rings. The number of anilines is 1. The smallest absolute Gasteiger partial charge is 0.227 e. The molecule has 1 amide bonds. The van der Waals surface area contributed by atoms with E-state index in [-0.39, 0.29) is 5.91 Å². The average Bonchev–Trinajstić information content (AvgIpc) is 2.52. The van der Waals surface area contributed by atoms with Crippen molar-refractivity contribution in [2.45, 2.75) is 39.7 Å². The molecular formula is C18H22N2O. The summed E-state index contributed by atoms with van der Waals surface area (Å²) in [5.74, 6) is 0.171. The second-order valence-electron chi connectivity index (χ2n) is 5.28. The molecule has 0 N–H and O–H groups in total. The van der Waals surface area contributed by atoms with Crippen molar-refractivity contribution in [3.05, 3.63) is 59.9 Å². The molecule has 0 atom stereocenters. The maximum absolute atomic E-state index is 12.5. The van der Waals surface area contributed by atoms with Gasteiger partial charge in [-0.3, -0.25) is 9.78 Å². The molecule has 21 heavy (non-hydrogen) atoms. The maximum Gasteiger partial charge on any atom is 0.227 e. The fraction of sp³-hybridized carbons (Fsp3) is 0.333. The van der Waals surface area contributed by atoms with E-state index in [1.54, 1.807) is 6.20 Å². The van der Waals surface area contributed by atoms with Crippen LogP contribution in [0.3, 0.4) is 0 Å². The summed E-state index contributed by atoms with van der Waals surface area (Å²) < 4.78 is 0. The summed E-state index contributed by atoms with van der Waals surface area (Å²) in [7, 11) is 0. The number of carbonyl (C=O) groups is 1. The van der Waals surface area contributed by atoms with Crippen LogP contribution in [0.25, 0.3) is 0 Å². The van der Waals surface area contributed by atoms with Gasteiger partial charge < -0.3 is 4.90 Å². The highest BCUT2D eigenvalue weighted by Crippen LogP contribution is 2.19. The van der Waals surface area contributed by atoms with Crippen molar-refractivity contribution in [2.24, 2.45) is 0 Å². The van der Waals surface area contributed by atoms with E-state index >= 15 is 0 Å². The van der Waals surface area contributed by atoms with Crippen molar-refractivity contribution in [3.8, 4) is 0 Å². The van der Waals surface area contributed by atoms with Gasteiger partial charge in [-0.2, -0.15) is 0 Å². The summed E-state index contributed by atoms with van der Waals surface area (Å²) in [5.41, 5.74) is 3.19. The molecule has 0 fully saturated rings. The van der Waals surface area contributed by atoms with Crippen LogP contribution in [0.5, 0.6) is 0 Å². The van der Waals surface area contributed by atoms with Crippen LogP contribution in [0.4, 0.5) is 5.69 Å². The van der Waals surface area contributed by atoms with E-state index in [4.69, 9.17) is 0 Å². The molecule has 3 nitrogen and oxygen atoms in total. The van der Waals surface area contributed by atoms with Crippen LogP contribution in [-0.4, -0.2) is 10.9 Å². The molecule has 0 unspecified atom stereocenters. The Kier molecular flexibility index (Phi) is 5.50. The first kappa shape index (κ1) is 15.2. The Labute approximate surface area is 126 Å². The lowest BCUT2D eigenvalue weighted by Gasteiger charge is -2.23. The van der Waals surface area contributed by atoms with E-state index in [2.05, 4.69) is 11.9 Å². The molecule has 1 aromatic heterocycles. The number of aryl methyl sites for hydroxylation is 1. The van der Waals surface area contributed by atoms with Crippen LogP contribution in [-0.2, 0) is 11.3 Å². The molecule has 1 heterocycles. The van der Waals surface area contributed by atoms with Gasteiger partial charge in [-0.15, -0.1) is 0 Å². The second-order valence-corrected chi connectivity index (χ2v) is 5.28. The predicted molar refractivity (Wildman–Crippen MR) is 86.1 cm³/mol. The van der Waals surface area contributed by atoms with Crippen molar-refractivity contribution in [2.75, 3.05) is 4.90 Å². The number of unbranched alkanes of at least 4 members (excludes halogenated alkanes) is 1. The largest absolute Gasteiger partial charge is 0.308 e. The number of nitrogens with zero attached hydrogens (tertiary/aromatic N) is 2. The summed E-state index contributed by atoms with van der Waals surface area (Å²) >= 11 is 0. The average molecular weight is 282 g/mol. The van der Waals surface area contributed by atoms with Crippen LogP contribution in [0, 0.1) is 6.92 Å². The van der Waals surface area contributed by atoms with Crippen LogP contribution in [0.15, 0.2) is 48.8 Å². The quantitative estimate of drug-likeness (QED) is 0.798. The second kappa shape index (κ2) is 7.58. The predicted octanol–water partition coefficient (Wildman–Crippen LogP) is 4.11. The van der Waals surface area contributed by atoms with Gasteiger partial charge in [-0.25, -0.2) is 0 Å². The van der Waals surface area contributed by atoms with E-state index < -0.39 is 0 Å². The van der Waals surface area contributed by atoms with Gasteiger partial charge in [0.2, 0.25) is 5.91 Å². The highest BCUT2D eigenvalue weighted by Gasteiger charge is 2.15. The molecule has 0 aliphatic heterocycles. The van der Waals surface area contributed by atoms with Gasteiger partial charge in [0, 0.05) is 24.5 Å². The molecule has 0 saturated heterocycles. The lowest BCUT2D eigenvalue weighted by Crippen LogP contribution is -2.30. The standard InChI is InChI=1S/C18H22N2O/c1-3-4-7-18(21)20(14-16-6-5-12-19-13-16)17-10-8-15(2)9-11-17/h5-6,8-13H,3-4,7,14H2,1-2H3. The lowest BCUT2D eigenvalue weighted by molar-refractivity contribution is -0.118. The first-order valence-corrected chi connectivity index (χ1v) is 7.46. The minimum absolute atomic E-state index is 0.171. The molecule has 0 bridgehead atoms. The zero-order valence-corrected chi connectivity index (χ0v) is 12.7. The number of hydrogen-bond donors (Lipinski definition) is 0. The van der Waals surface area contributed by atoms with Gasteiger partial charge in [0.25, 0.3) is 0 Å². The van der Waals surface area contributed by atoms with Crippen molar-refractivity contribution >= 4 is 11.6 Å².